The van der Waals surface area contributed by atoms with Crippen LogP contribution < -0.4 is 5.32 Å². The van der Waals surface area contributed by atoms with Crippen molar-refractivity contribution in [1.82, 2.24) is 10.3 Å². The minimum absolute atomic E-state index is 0.0574. The smallest absolute Gasteiger partial charge is 0.220 e. The van der Waals surface area contributed by atoms with E-state index in [1.165, 1.54) is 0 Å². The van der Waals surface area contributed by atoms with Gasteiger partial charge in [-0.2, -0.15) is 0 Å². The highest BCUT2D eigenvalue weighted by Crippen LogP contribution is 2.20. The summed E-state index contributed by atoms with van der Waals surface area (Å²) in [4.78, 5) is 16.2. The predicted molar refractivity (Wildman–Crippen MR) is 75.6 cm³/mol. The van der Waals surface area contributed by atoms with Crippen LogP contribution in [-0.4, -0.2) is 10.9 Å². The minimum Gasteiger partial charge on any atom is -0.344 e. The van der Waals surface area contributed by atoms with E-state index in [0.29, 0.717) is 6.42 Å². The van der Waals surface area contributed by atoms with Crippen LogP contribution in [0.4, 0.5) is 0 Å². The molecule has 1 aromatic heterocycles. The molecule has 3 nitrogen and oxygen atoms in total. The molecule has 1 amide bonds. The minimum atomic E-state index is -0.179. The Balaban J connectivity index is 2.26. The number of hydrogen-bond donors (Lipinski definition) is 1. The fourth-order valence-electron chi connectivity index (χ4n) is 1.98. The van der Waals surface area contributed by atoms with Crippen molar-refractivity contribution in [2.75, 3.05) is 0 Å². The standard InChI is InChI=1S/C16H18N2O/c1-2-8-15(19)18-16(13-9-4-3-5-10-13)14-11-6-7-12-17-14/h3-7,9-12,16H,2,8H2,1H3,(H,18,19). The first-order valence-corrected chi connectivity index (χ1v) is 6.56. The van der Waals surface area contributed by atoms with Crippen LogP contribution in [0.25, 0.3) is 0 Å². The Kier molecular flexibility index (Phi) is 4.67. The van der Waals surface area contributed by atoms with E-state index in [0.717, 1.165) is 17.7 Å². The lowest BCUT2D eigenvalue weighted by Gasteiger charge is -2.18. The first-order valence-electron chi connectivity index (χ1n) is 6.56. The highest BCUT2D eigenvalue weighted by Gasteiger charge is 2.16. The van der Waals surface area contributed by atoms with E-state index in [2.05, 4.69) is 10.3 Å². The normalized spacial score (nSPS) is 11.8. The average Bonchev–Trinajstić information content (AvgIpc) is 2.47. The topological polar surface area (TPSA) is 42.0 Å². The summed E-state index contributed by atoms with van der Waals surface area (Å²) in [5.41, 5.74) is 1.91. The second-order valence-corrected chi connectivity index (χ2v) is 4.42. The summed E-state index contributed by atoms with van der Waals surface area (Å²) >= 11 is 0. The Bertz CT molecular complexity index is 471. The van der Waals surface area contributed by atoms with Crippen molar-refractivity contribution >= 4 is 5.91 Å². The van der Waals surface area contributed by atoms with Crippen molar-refractivity contribution in [2.45, 2.75) is 25.8 Å². The van der Waals surface area contributed by atoms with Gasteiger partial charge in [0, 0.05) is 12.6 Å². The van der Waals surface area contributed by atoms with Gasteiger partial charge in [0.05, 0.1) is 11.7 Å². The van der Waals surface area contributed by atoms with Crippen LogP contribution >= 0.6 is 0 Å². The molecule has 19 heavy (non-hydrogen) atoms. The fraction of sp³-hybridized carbons (Fsp3) is 0.250. The van der Waals surface area contributed by atoms with Crippen molar-refractivity contribution in [2.24, 2.45) is 0 Å². The van der Waals surface area contributed by atoms with Crippen molar-refractivity contribution in [3.8, 4) is 0 Å². The summed E-state index contributed by atoms with van der Waals surface area (Å²) in [5, 5.41) is 3.05. The molecular weight excluding hydrogens is 236 g/mol. The SMILES string of the molecule is CCCC(=O)NC(c1ccccc1)c1ccccn1. The van der Waals surface area contributed by atoms with Gasteiger partial charge in [-0.3, -0.25) is 9.78 Å². The second kappa shape index (κ2) is 6.69. The summed E-state index contributed by atoms with van der Waals surface area (Å²) in [6, 6.07) is 15.5. The molecule has 2 aromatic rings. The largest absolute Gasteiger partial charge is 0.344 e. The molecule has 0 aliphatic rings. The van der Waals surface area contributed by atoms with Gasteiger partial charge in [-0.05, 0) is 24.1 Å². The summed E-state index contributed by atoms with van der Waals surface area (Å²) < 4.78 is 0. The fourth-order valence-corrected chi connectivity index (χ4v) is 1.98. The number of carbonyl (C=O) groups excluding carboxylic acids is 1. The molecule has 1 atom stereocenters. The predicted octanol–water partition coefficient (Wildman–Crippen LogP) is 3.09. The van der Waals surface area contributed by atoms with Crippen LogP contribution in [0.15, 0.2) is 54.7 Å². The number of amides is 1. The summed E-state index contributed by atoms with van der Waals surface area (Å²) in [7, 11) is 0. The van der Waals surface area contributed by atoms with Gasteiger partial charge in [-0.15, -0.1) is 0 Å². The van der Waals surface area contributed by atoms with E-state index in [-0.39, 0.29) is 11.9 Å². The maximum absolute atomic E-state index is 11.9. The molecule has 0 radical (unpaired) electrons. The zero-order chi connectivity index (χ0) is 13.5. The third-order valence-electron chi connectivity index (χ3n) is 2.90. The molecular formula is C16H18N2O. The molecule has 0 aliphatic heterocycles. The zero-order valence-electron chi connectivity index (χ0n) is 11.0. The van der Waals surface area contributed by atoms with E-state index >= 15 is 0 Å². The molecule has 1 aromatic carbocycles. The van der Waals surface area contributed by atoms with Crippen LogP contribution in [-0.2, 0) is 4.79 Å². The van der Waals surface area contributed by atoms with Crippen LogP contribution in [0, 0.1) is 0 Å². The maximum atomic E-state index is 11.9. The van der Waals surface area contributed by atoms with E-state index in [4.69, 9.17) is 0 Å². The highest BCUT2D eigenvalue weighted by atomic mass is 16.1. The number of benzene rings is 1. The summed E-state index contributed by atoms with van der Waals surface area (Å²) in [6.07, 6.45) is 3.13. The first-order chi connectivity index (χ1) is 9.31. The Morgan fingerprint density at radius 1 is 1.16 bits per heavy atom. The summed E-state index contributed by atoms with van der Waals surface area (Å²) in [5.74, 6) is 0.0574. The lowest BCUT2D eigenvalue weighted by molar-refractivity contribution is -0.121. The van der Waals surface area contributed by atoms with Gasteiger partial charge < -0.3 is 5.32 Å². The lowest BCUT2D eigenvalue weighted by atomic mass is 10.0. The molecule has 98 valence electrons. The number of nitrogens with zero attached hydrogens (tertiary/aromatic N) is 1. The molecule has 1 heterocycles. The van der Waals surface area contributed by atoms with Crippen LogP contribution in [0.2, 0.25) is 0 Å². The second-order valence-electron chi connectivity index (χ2n) is 4.42. The molecule has 0 fully saturated rings. The van der Waals surface area contributed by atoms with Gasteiger partial charge in [0.15, 0.2) is 0 Å². The van der Waals surface area contributed by atoms with Gasteiger partial charge >= 0.3 is 0 Å². The van der Waals surface area contributed by atoms with Crippen molar-refractivity contribution in [3.63, 3.8) is 0 Å². The molecule has 1 N–H and O–H groups in total. The third-order valence-corrected chi connectivity index (χ3v) is 2.90. The number of aromatic nitrogens is 1. The van der Waals surface area contributed by atoms with Gasteiger partial charge in [0.1, 0.15) is 0 Å². The molecule has 0 saturated carbocycles. The van der Waals surface area contributed by atoms with Gasteiger partial charge in [-0.25, -0.2) is 0 Å². The molecule has 0 aliphatic carbocycles. The van der Waals surface area contributed by atoms with Gasteiger partial charge in [-0.1, -0.05) is 43.3 Å². The molecule has 3 heteroatoms. The Morgan fingerprint density at radius 3 is 2.53 bits per heavy atom. The molecule has 0 bridgehead atoms. The molecule has 0 spiro atoms. The number of carbonyl (C=O) groups is 1. The van der Waals surface area contributed by atoms with E-state index in [1.54, 1.807) is 6.20 Å². The van der Waals surface area contributed by atoms with Crippen LogP contribution in [0.3, 0.4) is 0 Å². The lowest BCUT2D eigenvalue weighted by Crippen LogP contribution is -2.29. The number of rotatable bonds is 5. The third kappa shape index (κ3) is 3.65. The van der Waals surface area contributed by atoms with Crippen molar-refractivity contribution in [1.29, 1.82) is 0 Å². The number of pyridine rings is 1. The van der Waals surface area contributed by atoms with Crippen molar-refractivity contribution < 1.29 is 4.79 Å². The van der Waals surface area contributed by atoms with Gasteiger partial charge in [0.2, 0.25) is 5.91 Å². The Labute approximate surface area is 113 Å². The van der Waals surface area contributed by atoms with E-state index in [9.17, 15) is 4.79 Å². The molecule has 2 rings (SSSR count). The van der Waals surface area contributed by atoms with Gasteiger partial charge in [0.25, 0.3) is 0 Å². The monoisotopic (exact) mass is 254 g/mol. The quantitative estimate of drug-likeness (QED) is 0.891. The number of hydrogen-bond acceptors (Lipinski definition) is 2. The molecule has 1 unspecified atom stereocenters. The highest BCUT2D eigenvalue weighted by molar-refractivity contribution is 5.76. The average molecular weight is 254 g/mol. The zero-order valence-corrected chi connectivity index (χ0v) is 11.0. The van der Waals surface area contributed by atoms with Crippen molar-refractivity contribution in [3.05, 3.63) is 66.0 Å². The first kappa shape index (κ1) is 13.3. The molecule has 0 saturated heterocycles. The van der Waals surface area contributed by atoms with E-state index < -0.39 is 0 Å². The number of nitrogens with one attached hydrogen (secondary N) is 1. The summed E-state index contributed by atoms with van der Waals surface area (Å²) in [6.45, 7) is 2.00. The van der Waals surface area contributed by atoms with Crippen LogP contribution in [0.5, 0.6) is 0 Å². The Morgan fingerprint density at radius 2 is 1.89 bits per heavy atom. The van der Waals surface area contributed by atoms with Crippen LogP contribution in [0.1, 0.15) is 37.1 Å². The maximum Gasteiger partial charge on any atom is 0.220 e. The van der Waals surface area contributed by atoms with E-state index in [1.807, 2.05) is 55.5 Å². The Hall–Kier alpha value is -2.16.